The fourth-order valence-electron chi connectivity index (χ4n) is 8.87. The van der Waals surface area contributed by atoms with E-state index in [1.54, 1.807) is 37.3 Å². The summed E-state index contributed by atoms with van der Waals surface area (Å²) in [5, 5.41) is 14.0. The second kappa shape index (κ2) is 13.8. The molecule has 9 nitrogen and oxygen atoms in total. The van der Waals surface area contributed by atoms with Crippen molar-refractivity contribution in [3.8, 4) is 11.8 Å². The summed E-state index contributed by atoms with van der Waals surface area (Å²) in [5.41, 5.74) is 2.34. The number of sulfonamides is 1. The maximum atomic E-state index is 13.7. The summed E-state index contributed by atoms with van der Waals surface area (Å²) >= 11 is 6.45. The molecule has 1 spiro atoms. The number of hydrogen-bond acceptors (Lipinski definition) is 7. The van der Waals surface area contributed by atoms with Gasteiger partial charge < -0.3 is 15.0 Å². The quantitative estimate of drug-likeness (QED) is 0.297. The SMILES string of the molecule is C[C@@H]1[C@@H](C)CCC[C@@](C#N)(NC(=O)c2ccccc2)[C@@H]2CC[C@H]2CN2C[C@@]3(CCCc4cc(Cl)ccc43)COc3ccc(cc32)C(=O)NS1(=O)=O. The van der Waals surface area contributed by atoms with Gasteiger partial charge in [0.1, 0.15) is 11.3 Å². The van der Waals surface area contributed by atoms with Crippen molar-refractivity contribution in [1.29, 1.82) is 5.26 Å². The highest BCUT2D eigenvalue weighted by Gasteiger charge is 2.51. The van der Waals surface area contributed by atoms with Gasteiger partial charge >= 0.3 is 0 Å². The Morgan fingerprint density at radius 3 is 2.59 bits per heavy atom. The Hall–Kier alpha value is -4.07. The molecule has 3 aromatic carbocycles. The minimum absolute atomic E-state index is 0.0686. The molecule has 3 aromatic rings. The van der Waals surface area contributed by atoms with Crippen LogP contribution in [0.3, 0.4) is 0 Å². The molecule has 4 aliphatic rings. The number of fused-ring (bicyclic) bond motifs is 4. The largest absolute Gasteiger partial charge is 0.490 e. The second-order valence-corrected chi connectivity index (χ2v) is 17.7. The smallest absolute Gasteiger partial charge is 0.264 e. The third-order valence-corrected chi connectivity index (χ3v) is 14.3. The minimum atomic E-state index is -4.02. The number of nitrogens with one attached hydrogen (secondary N) is 2. The van der Waals surface area contributed by atoms with E-state index in [0.717, 1.165) is 32.1 Å². The van der Waals surface area contributed by atoms with Crippen LogP contribution in [0, 0.1) is 29.1 Å². The lowest BCUT2D eigenvalue weighted by molar-refractivity contribution is 0.0641. The van der Waals surface area contributed by atoms with Crippen molar-refractivity contribution in [1.82, 2.24) is 10.0 Å². The van der Waals surface area contributed by atoms with Gasteiger partial charge in [0.05, 0.1) is 23.6 Å². The number of halogens is 1. The Bertz CT molecular complexity index is 1980. The Labute approximate surface area is 305 Å². The fraction of sp³-hybridized carbons (Fsp3) is 0.475. The van der Waals surface area contributed by atoms with E-state index in [9.17, 15) is 23.3 Å². The van der Waals surface area contributed by atoms with Crippen LogP contribution in [0.4, 0.5) is 5.69 Å². The number of rotatable bonds is 2. The van der Waals surface area contributed by atoms with Crippen LogP contribution in [0.5, 0.6) is 5.75 Å². The van der Waals surface area contributed by atoms with Crippen LogP contribution >= 0.6 is 11.6 Å². The molecular weight excluding hydrogens is 684 g/mol. The molecule has 268 valence electrons. The molecule has 2 N–H and O–H groups in total. The van der Waals surface area contributed by atoms with Crippen molar-refractivity contribution in [3.05, 3.63) is 94.0 Å². The molecule has 2 heterocycles. The van der Waals surface area contributed by atoms with Gasteiger partial charge in [-0.2, -0.15) is 5.26 Å². The third kappa shape index (κ3) is 6.71. The molecule has 0 aromatic heterocycles. The van der Waals surface area contributed by atoms with E-state index in [0.29, 0.717) is 61.0 Å². The van der Waals surface area contributed by atoms with Gasteiger partial charge in [-0.3, -0.25) is 9.59 Å². The average molecular weight is 729 g/mol. The molecule has 0 saturated heterocycles. The van der Waals surface area contributed by atoms with Crippen LogP contribution < -0.4 is 19.7 Å². The maximum absolute atomic E-state index is 13.7. The van der Waals surface area contributed by atoms with Crippen molar-refractivity contribution in [2.24, 2.45) is 17.8 Å². The van der Waals surface area contributed by atoms with Crippen LogP contribution in [0.25, 0.3) is 0 Å². The van der Waals surface area contributed by atoms with Crippen LogP contribution in [-0.2, 0) is 21.9 Å². The normalized spacial score (nSPS) is 30.2. The molecular formula is C40H45ClN4O5S. The van der Waals surface area contributed by atoms with Crippen molar-refractivity contribution in [3.63, 3.8) is 0 Å². The Morgan fingerprint density at radius 1 is 1.04 bits per heavy atom. The molecule has 2 aliphatic heterocycles. The fourth-order valence-corrected chi connectivity index (χ4v) is 10.4. The van der Waals surface area contributed by atoms with E-state index in [2.05, 4.69) is 27.1 Å². The first-order chi connectivity index (χ1) is 24.4. The number of nitriles is 1. The Kier molecular flexibility index (Phi) is 9.57. The Balaban J connectivity index is 1.32. The van der Waals surface area contributed by atoms with Crippen molar-refractivity contribution in [2.45, 2.75) is 81.4 Å². The van der Waals surface area contributed by atoms with Gasteiger partial charge in [-0.25, -0.2) is 13.1 Å². The number of hydrogen-bond donors (Lipinski definition) is 2. The zero-order chi connectivity index (χ0) is 36.0. The van der Waals surface area contributed by atoms with Crippen LogP contribution in [0.1, 0.15) is 90.6 Å². The monoisotopic (exact) mass is 728 g/mol. The molecule has 11 heteroatoms. The van der Waals surface area contributed by atoms with Crippen LogP contribution in [0.15, 0.2) is 66.7 Å². The van der Waals surface area contributed by atoms with E-state index in [1.807, 2.05) is 37.3 Å². The molecule has 2 aliphatic carbocycles. The summed E-state index contributed by atoms with van der Waals surface area (Å²) < 4.78 is 36.0. The van der Waals surface area contributed by atoms with Gasteiger partial charge in [0.15, 0.2) is 0 Å². The minimum Gasteiger partial charge on any atom is -0.490 e. The average Bonchev–Trinajstić information content (AvgIpc) is 3.25. The zero-order valence-electron chi connectivity index (χ0n) is 29.2. The van der Waals surface area contributed by atoms with Gasteiger partial charge in [0.2, 0.25) is 10.0 Å². The summed E-state index contributed by atoms with van der Waals surface area (Å²) in [6.07, 6.45) is 5.88. The summed E-state index contributed by atoms with van der Waals surface area (Å²) in [7, 11) is -4.02. The number of ether oxygens (including phenoxy) is 1. The van der Waals surface area contributed by atoms with Crippen molar-refractivity contribution in [2.75, 3.05) is 24.6 Å². The van der Waals surface area contributed by atoms with Gasteiger partial charge in [-0.15, -0.1) is 0 Å². The summed E-state index contributed by atoms with van der Waals surface area (Å²) in [4.78, 5) is 29.6. The first kappa shape index (κ1) is 35.3. The predicted octanol–water partition coefficient (Wildman–Crippen LogP) is 6.80. The Morgan fingerprint density at radius 2 is 1.84 bits per heavy atom. The number of carbonyl (C=O) groups is 2. The van der Waals surface area contributed by atoms with E-state index in [4.69, 9.17) is 16.3 Å². The van der Waals surface area contributed by atoms with Crippen molar-refractivity contribution < 1.29 is 22.7 Å². The molecule has 0 radical (unpaired) electrons. The highest BCUT2D eigenvalue weighted by atomic mass is 35.5. The van der Waals surface area contributed by atoms with Crippen LogP contribution in [-0.4, -0.2) is 50.7 Å². The third-order valence-electron chi connectivity index (χ3n) is 12.1. The molecule has 7 rings (SSSR count). The van der Waals surface area contributed by atoms with Gasteiger partial charge in [-0.1, -0.05) is 42.8 Å². The van der Waals surface area contributed by atoms with E-state index < -0.39 is 26.7 Å². The number of aryl methyl sites for hydroxylation is 1. The zero-order valence-corrected chi connectivity index (χ0v) is 30.7. The van der Waals surface area contributed by atoms with Gasteiger partial charge in [0, 0.05) is 40.6 Å². The summed E-state index contributed by atoms with van der Waals surface area (Å²) in [5.74, 6) is -0.712. The number of anilines is 1. The number of amides is 2. The summed E-state index contributed by atoms with van der Waals surface area (Å²) in [6, 6.07) is 22.8. The second-order valence-electron chi connectivity index (χ2n) is 15.2. The highest BCUT2D eigenvalue weighted by molar-refractivity contribution is 7.90. The summed E-state index contributed by atoms with van der Waals surface area (Å²) in [6.45, 7) is 5.08. The van der Waals surface area contributed by atoms with Crippen molar-refractivity contribution >= 4 is 39.1 Å². The number of benzene rings is 3. The number of nitrogens with zero attached hydrogens (tertiary/aromatic N) is 2. The standard InChI is InChI=1S/C40H45ClN4O5S/c1-26-8-6-19-40(23-42,43-37(46)28-9-4-3-5-10-28)34-15-12-31(34)22-45-24-39(18-7-11-29-20-32(41)14-16-33(29)39)25-50-36-17-13-30(21-35(36)45)38(47)44-51(48,49)27(26)2/h3-5,9-10,13-14,16-17,20-21,26-27,31,34H,6-8,11-12,15,18-19,22,24-25H2,1-2H3,(H,43,46)(H,44,47)/t26-,27+,31-,34+,39-,40-/m0/s1. The lowest BCUT2D eigenvalue weighted by atomic mass is 9.61. The molecule has 0 unspecified atom stereocenters. The molecule has 1 saturated carbocycles. The molecule has 2 bridgehead atoms. The van der Waals surface area contributed by atoms with Crippen LogP contribution in [0.2, 0.25) is 5.02 Å². The first-order valence-corrected chi connectivity index (χ1v) is 20.0. The molecule has 51 heavy (non-hydrogen) atoms. The molecule has 1 fully saturated rings. The van der Waals surface area contributed by atoms with E-state index >= 15 is 0 Å². The lowest BCUT2D eigenvalue weighted by Gasteiger charge is -2.49. The maximum Gasteiger partial charge on any atom is 0.264 e. The lowest BCUT2D eigenvalue weighted by Crippen LogP contribution is -2.60. The topological polar surface area (TPSA) is 129 Å². The van der Waals surface area contributed by atoms with E-state index in [-0.39, 0.29) is 34.6 Å². The van der Waals surface area contributed by atoms with E-state index in [1.165, 1.54) is 11.1 Å². The molecule has 6 atom stereocenters. The van der Waals surface area contributed by atoms with Gasteiger partial charge in [-0.05, 0) is 124 Å². The number of carbonyl (C=O) groups excluding carboxylic acids is 2. The predicted molar refractivity (Wildman–Crippen MR) is 198 cm³/mol. The van der Waals surface area contributed by atoms with Gasteiger partial charge in [0.25, 0.3) is 11.8 Å². The first-order valence-electron chi connectivity index (χ1n) is 18.1. The highest BCUT2D eigenvalue weighted by Crippen LogP contribution is 2.49. The molecule has 2 amide bonds.